The molecule has 2 rings (SSSR count). The van der Waals surface area contributed by atoms with Gasteiger partial charge in [0.2, 0.25) is 0 Å². The minimum absolute atomic E-state index is 0.0126. The SMILES string of the molecule is N#CC(=Cc1ccc(CSC(F)F)o1)C(=O)Nc1nccs1. The number of carbonyl (C=O) groups excluding carboxylic acids is 1. The molecular weight excluding hydrogens is 332 g/mol. The fourth-order valence-corrected chi connectivity index (χ4v) is 2.40. The van der Waals surface area contributed by atoms with Gasteiger partial charge in [0.05, 0.1) is 5.75 Å². The van der Waals surface area contributed by atoms with Gasteiger partial charge in [0.1, 0.15) is 23.2 Å². The molecule has 2 heterocycles. The number of carbonyl (C=O) groups is 1. The van der Waals surface area contributed by atoms with Gasteiger partial charge in [-0.25, -0.2) is 4.98 Å². The van der Waals surface area contributed by atoms with E-state index in [2.05, 4.69) is 10.3 Å². The first kappa shape index (κ1) is 16.2. The van der Waals surface area contributed by atoms with E-state index < -0.39 is 11.7 Å². The van der Waals surface area contributed by atoms with Gasteiger partial charge in [0.25, 0.3) is 11.7 Å². The molecule has 1 N–H and O–H groups in total. The molecule has 22 heavy (non-hydrogen) atoms. The van der Waals surface area contributed by atoms with E-state index in [0.717, 1.165) is 0 Å². The topological polar surface area (TPSA) is 78.9 Å². The second kappa shape index (κ2) is 7.72. The van der Waals surface area contributed by atoms with Gasteiger partial charge in [-0.15, -0.1) is 11.3 Å². The molecular formula is C13H9F2N3O2S2. The standard InChI is InChI=1S/C13H9F2N3O2S2/c14-12(15)22-7-10-2-1-9(20-10)5-8(6-16)11(19)18-13-17-3-4-21-13/h1-5,12H,7H2,(H,17,18,19). The summed E-state index contributed by atoms with van der Waals surface area (Å²) in [6, 6.07) is 4.80. The molecule has 0 fully saturated rings. The average molecular weight is 341 g/mol. The second-order valence-corrected chi connectivity index (χ2v) is 5.71. The summed E-state index contributed by atoms with van der Waals surface area (Å²) >= 11 is 1.65. The van der Waals surface area contributed by atoms with Crippen molar-refractivity contribution in [1.29, 1.82) is 5.26 Å². The number of furan rings is 1. The average Bonchev–Trinajstić information content (AvgIpc) is 3.14. The van der Waals surface area contributed by atoms with E-state index in [1.54, 1.807) is 11.4 Å². The van der Waals surface area contributed by atoms with Gasteiger partial charge < -0.3 is 4.42 Å². The lowest BCUT2D eigenvalue weighted by molar-refractivity contribution is -0.112. The zero-order chi connectivity index (χ0) is 15.9. The van der Waals surface area contributed by atoms with Gasteiger partial charge in [-0.3, -0.25) is 10.1 Å². The number of halogens is 2. The molecule has 9 heteroatoms. The Morgan fingerprint density at radius 3 is 3.05 bits per heavy atom. The maximum Gasteiger partial charge on any atom is 0.284 e. The molecule has 0 aliphatic rings. The van der Waals surface area contributed by atoms with Crippen molar-refractivity contribution < 1.29 is 18.0 Å². The smallest absolute Gasteiger partial charge is 0.284 e. The Morgan fingerprint density at radius 2 is 2.41 bits per heavy atom. The summed E-state index contributed by atoms with van der Waals surface area (Å²) in [5.74, 6) is -2.50. The summed E-state index contributed by atoms with van der Waals surface area (Å²) in [6.45, 7) is 0. The third-order valence-electron chi connectivity index (χ3n) is 2.34. The number of hydrogen-bond acceptors (Lipinski definition) is 6. The minimum Gasteiger partial charge on any atom is -0.461 e. The highest BCUT2D eigenvalue weighted by molar-refractivity contribution is 7.98. The number of anilines is 1. The van der Waals surface area contributed by atoms with Crippen molar-refractivity contribution in [2.45, 2.75) is 11.5 Å². The molecule has 1 amide bonds. The zero-order valence-corrected chi connectivity index (χ0v) is 12.6. The highest BCUT2D eigenvalue weighted by Gasteiger charge is 2.12. The van der Waals surface area contributed by atoms with Crippen molar-refractivity contribution >= 4 is 40.2 Å². The van der Waals surface area contributed by atoms with Crippen molar-refractivity contribution in [1.82, 2.24) is 4.98 Å². The number of aromatic nitrogens is 1. The van der Waals surface area contributed by atoms with Crippen molar-refractivity contribution in [3.63, 3.8) is 0 Å². The van der Waals surface area contributed by atoms with E-state index in [4.69, 9.17) is 9.68 Å². The predicted octanol–water partition coefficient (Wildman–Crippen LogP) is 3.74. The van der Waals surface area contributed by atoms with Gasteiger partial charge >= 0.3 is 0 Å². The van der Waals surface area contributed by atoms with Crippen LogP contribution < -0.4 is 5.32 Å². The van der Waals surface area contributed by atoms with Crippen LogP contribution in [0.4, 0.5) is 13.9 Å². The Labute approximate surface area is 132 Å². The summed E-state index contributed by atoms with van der Waals surface area (Å²) in [6.07, 6.45) is 2.77. The third-order valence-corrected chi connectivity index (χ3v) is 3.73. The van der Waals surface area contributed by atoms with Gasteiger partial charge in [-0.05, 0) is 12.1 Å². The maximum atomic E-state index is 12.1. The van der Waals surface area contributed by atoms with Crippen LogP contribution in [0, 0.1) is 11.3 Å². The van der Waals surface area contributed by atoms with Gasteiger partial charge in [0.15, 0.2) is 5.13 Å². The van der Waals surface area contributed by atoms with Crippen LogP contribution in [-0.2, 0) is 10.5 Å². The number of amides is 1. The van der Waals surface area contributed by atoms with Crippen LogP contribution in [0.25, 0.3) is 6.08 Å². The number of nitriles is 1. The summed E-state index contributed by atoms with van der Waals surface area (Å²) in [7, 11) is 0. The number of alkyl halides is 2. The molecule has 2 aromatic heterocycles. The van der Waals surface area contributed by atoms with Crippen molar-refractivity contribution in [3.8, 4) is 6.07 Å². The molecule has 0 radical (unpaired) electrons. The summed E-state index contributed by atoms with van der Waals surface area (Å²) in [5, 5.41) is 13.6. The molecule has 0 unspecified atom stereocenters. The van der Waals surface area contributed by atoms with E-state index in [0.29, 0.717) is 22.7 Å². The molecule has 114 valence electrons. The van der Waals surface area contributed by atoms with Crippen LogP contribution in [0.2, 0.25) is 0 Å². The Balaban J connectivity index is 2.05. The van der Waals surface area contributed by atoms with Crippen LogP contribution in [0.3, 0.4) is 0 Å². The number of nitrogens with one attached hydrogen (secondary N) is 1. The second-order valence-electron chi connectivity index (χ2n) is 3.84. The minimum atomic E-state index is -2.48. The van der Waals surface area contributed by atoms with E-state index in [1.165, 1.54) is 35.7 Å². The lowest BCUT2D eigenvalue weighted by Crippen LogP contribution is -2.13. The van der Waals surface area contributed by atoms with Crippen LogP contribution in [0.5, 0.6) is 0 Å². The lowest BCUT2D eigenvalue weighted by Gasteiger charge is -1.99. The van der Waals surface area contributed by atoms with Crippen molar-refractivity contribution in [2.24, 2.45) is 0 Å². The Kier molecular flexibility index (Phi) is 5.68. The molecule has 0 saturated heterocycles. The Morgan fingerprint density at radius 1 is 1.59 bits per heavy atom. The molecule has 0 saturated carbocycles. The van der Waals surface area contributed by atoms with Crippen LogP contribution >= 0.6 is 23.1 Å². The van der Waals surface area contributed by atoms with E-state index >= 15 is 0 Å². The number of nitrogens with zero attached hydrogens (tertiary/aromatic N) is 2. The predicted molar refractivity (Wildman–Crippen MR) is 80.3 cm³/mol. The van der Waals surface area contributed by atoms with E-state index in [9.17, 15) is 13.6 Å². The van der Waals surface area contributed by atoms with Gasteiger partial charge in [-0.1, -0.05) is 11.8 Å². The largest absolute Gasteiger partial charge is 0.461 e. The van der Waals surface area contributed by atoms with Crippen LogP contribution in [0.1, 0.15) is 11.5 Å². The monoisotopic (exact) mass is 341 g/mol. The Bertz CT molecular complexity index is 705. The fraction of sp³-hybridized carbons (Fsp3) is 0.154. The highest BCUT2D eigenvalue weighted by atomic mass is 32.2. The maximum absolute atomic E-state index is 12.1. The first-order chi connectivity index (χ1) is 10.6. The van der Waals surface area contributed by atoms with Gasteiger partial charge in [-0.2, -0.15) is 14.0 Å². The van der Waals surface area contributed by atoms with E-state index in [-0.39, 0.29) is 17.1 Å². The first-order valence-electron chi connectivity index (χ1n) is 5.89. The van der Waals surface area contributed by atoms with Crippen LogP contribution in [0.15, 0.2) is 33.7 Å². The first-order valence-corrected chi connectivity index (χ1v) is 7.82. The summed E-state index contributed by atoms with van der Waals surface area (Å²) in [4.78, 5) is 15.8. The van der Waals surface area contributed by atoms with Crippen LogP contribution in [-0.4, -0.2) is 16.6 Å². The normalized spacial score (nSPS) is 11.5. The van der Waals surface area contributed by atoms with E-state index in [1.807, 2.05) is 0 Å². The Hall–Kier alpha value is -2.18. The number of hydrogen-bond donors (Lipinski definition) is 1. The summed E-state index contributed by atoms with van der Waals surface area (Å²) in [5.41, 5.74) is -0.169. The molecule has 2 aromatic rings. The lowest BCUT2D eigenvalue weighted by atomic mass is 10.2. The molecule has 0 spiro atoms. The molecule has 0 aliphatic heterocycles. The van der Waals surface area contributed by atoms with Gasteiger partial charge in [0, 0.05) is 17.7 Å². The quantitative estimate of drug-likeness (QED) is 0.639. The molecule has 0 bridgehead atoms. The third kappa shape index (κ3) is 4.68. The van der Waals surface area contributed by atoms with Crippen molar-refractivity contribution in [2.75, 3.05) is 5.32 Å². The molecule has 5 nitrogen and oxygen atoms in total. The molecule has 0 aliphatic carbocycles. The number of rotatable bonds is 6. The molecule has 0 atom stereocenters. The number of thiazole rings is 1. The number of thioether (sulfide) groups is 1. The fourth-order valence-electron chi connectivity index (χ4n) is 1.44. The molecule has 0 aromatic carbocycles. The highest BCUT2D eigenvalue weighted by Crippen LogP contribution is 2.22. The summed E-state index contributed by atoms with van der Waals surface area (Å²) < 4.78 is 29.5. The zero-order valence-electron chi connectivity index (χ0n) is 11.0. The van der Waals surface area contributed by atoms with Crippen molar-refractivity contribution in [3.05, 3.63) is 40.8 Å².